The van der Waals surface area contributed by atoms with Crippen LogP contribution < -0.4 is 5.32 Å². The predicted octanol–water partition coefficient (Wildman–Crippen LogP) is 3.09. The summed E-state index contributed by atoms with van der Waals surface area (Å²) in [6.07, 6.45) is -1.10. The molecule has 0 heterocycles. The van der Waals surface area contributed by atoms with E-state index in [9.17, 15) is 19.5 Å². The Balaban J connectivity index is 2.08. The first kappa shape index (κ1) is 18.2. The number of nitrogens with one attached hydrogen (secondary N) is 1. The van der Waals surface area contributed by atoms with Crippen molar-refractivity contribution in [2.45, 2.75) is 26.9 Å². The number of phenols is 1. The summed E-state index contributed by atoms with van der Waals surface area (Å²) in [5, 5.41) is 12.4. The molecule has 0 spiro atoms. The number of benzene rings is 2. The predicted molar refractivity (Wildman–Crippen MR) is 92.8 cm³/mol. The van der Waals surface area contributed by atoms with Crippen LogP contribution in [0.1, 0.15) is 40.1 Å². The van der Waals surface area contributed by atoms with Gasteiger partial charge < -0.3 is 15.2 Å². The monoisotopic (exact) mass is 341 g/mol. The molecule has 2 aromatic carbocycles. The lowest BCUT2D eigenvalue weighted by molar-refractivity contribution is -0.123. The lowest BCUT2D eigenvalue weighted by Crippen LogP contribution is -2.30. The van der Waals surface area contributed by atoms with E-state index in [0.717, 1.165) is 5.56 Å². The number of aryl methyl sites for hydroxylation is 1. The van der Waals surface area contributed by atoms with Gasteiger partial charge in [0.25, 0.3) is 5.91 Å². The SMILES string of the molecule is CC(=O)c1ccccc1NC(=O)[C@@H](C)OC(=O)c1ccc(C)cc1O. The summed E-state index contributed by atoms with van der Waals surface area (Å²) < 4.78 is 5.10. The zero-order valence-electron chi connectivity index (χ0n) is 14.2. The highest BCUT2D eigenvalue weighted by molar-refractivity contribution is 6.05. The highest BCUT2D eigenvalue weighted by Gasteiger charge is 2.22. The molecule has 0 radical (unpaired) electrons. The Hall–Kier alpha value is -3.15. The Morgan fingerprint density at radius 1 is 1.08 bits per heavy atom. The summed E-state index contributed by atoms with van der Waals surface area (Å²) in [4.78, 5) is 35.9. The summed E-state index contributed by atoms with van der Waals surface area (Å²) in [7, 11) is 0. The first-order valence-corrected chi connectivity index (χ1v) is 7.71. The minimum atomic E-state index is -1.10. The van der Waals surface area contributed by atoms with Gasteiger partial charge in [0.2, 0.25) is 0 Å². The van der Waals surface area contributed by atoms with Crippen molar-refractivity contribution in [2.24, 2.45) is 0 Å². The first-order valence-electron chi connectivity index (χ1n) is 7.71. The van der Waals surface area contributed by atoms with Gasteiger partial charge in [-0.05, 0) is 50.6 Å². The van der Waals surface area contributed by atoms with E-state index in [1.54, 1.807) is 37.3 Å². The number of rotatable bonds is 5. The number of para-hydroxylation sites is 1. The highest BCUT2D eigenvalue weighted by atomic mass is 16.5. The molecular formula is C19H19NO5. The topological polar surface area (TPSA) is 92.7 Å². The largest absolute Gasteiger partial charge is 0.507 e. The van der Waals surface area contributed by atoms with Crippen LogP contribution in [0.15, 0.2) is 42.5 Å². The van der Waals surface area contributed by atoms with E-state index in [1.165, 1.54) is 26.0 Å². The number of Topliss-reactive ketones (excluding diaryl/α,β-unsaturated/α-hetero) is 1. The maximum absolute atomic E-state index is 12.2. The summed E-state index contributed by atoms with van der Waals surface area (Å²) >= 11 is 0. The number of carbonyl (C=O) groups excluding carboxylic acids is 3. The standard InChI is InChI=1S/C19H19NO5/c1-11-8-9-15(17(22)10-11)19(24)25-13(3)18(23)20-16-7-5-4-6-14(16)12(2)21/h4-10,13,22H,1-3H3,(H,20,23)/t13-/m1/s1. The van der Waals surface area contributed by atoms with Gasteiger partial charge in [-0.3, -0.25) is 9.59 Å². The van der Waals surface area contributed by atoms with Crippen molar-refractivity contribution in [1.29, 1.82) is 0 Å². The van der Waals surface area contributed by atoms with Crippen LogP contribution in [-0.4, -0.2) is 28.9 Å². The fraction of sp³-hybridized carbons (Fsp3) is 0.211. The molecule has 0 aliphatic heterocycles. The Morgan fingerprint density at radius 3 is 2.40 bits per heavy atom. The van der Waals surface area contributed by atoms with Gasteiger partial charge in [0.05, 0.1) is 5.69 Å². The van der Waals surface area contributed by atoms with Crippen LogP contribution in [0.25, 0.3) is 0 Å². The summed E-state index contributed by atoms with van der Waals surface area (Å²) in [5.41, 5.74) is 1.49. The zero-order chi connectivity index (χ0) is 18.6. The first-order chi connectivity index (χ1) is 11.8. The molecule has 0 aliphatic rings. The molecular weight excluding hydrogens is 322 g/mol. The number of ether oxygens (including phenoxy) is 1. The molecule has 0 aromatic heterocycles. The number of anilines is 1. The van der Waals surface area contributed by atoms with Crippen LogP contribution in [0.2, 0.25) is 0 Å². The van der Waals surface area contributed by atoms with Gasteiger partial charge in [0.1, 0.15) is 11.3 Å². The van der Waals surface area contributed by atoms with E-state index in [4.69, 9.17) is 4.74 Å². The Labute approximate surface area is 145 Å². The van der Waals surface area contributed by atoms with E-state index >= 15 is 0 Å². The lowest BCUT2D eigenvalue weighted by atomic mass is 10.1. The van der Waals surface area contributed by atoms with Crippen molar-refractivity contribution in [3.05, 3.63) is 59.2 Å². The van der Waals surface area contributed by atoms with E-state index in [0.29, 0.717) is 11.3 Å². The van der Waals surface area contributed by atoms with Crippen molar-refractivity contribution < 1.29 is 24.2 Å². The Morgan fingerprint density at radius 2 is 1.76 bits per heavy atom. The number of ketones is 1. The van der Waals surface area contributed by atoms with Gasteiger partial charge in [-0.2, -0.15) is 0 Å². The van der Waals surface area contributed by atoms with Crippen LogP contribution in [-0.2, 0) is 9.53 Å². The molecule has 1 amide bonds. The fourth-order valence-corrected chi connectivity index (χ4v) is 2.23. The van der Waals surface area contributed by atoms with Crippen molar-refractivity contribution in [3.63, 3.8) is 0 Å². The number of esters is 1. The van der Waals surface area contributed by atoms with Gasteiger partial charge in [-0.15, -0.1) is 0 Å². The van der Waals surface area contributed by atoms with E-state index < -0.39 is 18.0 Å². The molecule has 0 aliphatic carbocycles. The van der Waals surface area contributed by atoms with Gasteiger partial charge in [0, 0.05) is 5.56 Å². The molecule has 2 rings (SSSR count). The number of amides is 1. The van der Waals surface area contributed by atoms with Gasteiger partial charge in [-0.25, -0.2) is 4.79 Å². The Bertz CT molecular complexity index is 828. The van der Waals surface area contributed by atoms with Gasteiger partial charge in [0.15, 0.2) is 11.9 Å². The second kappa shape index (κ2) is 7.61. The summed E-state index contributed by atoms with van der Waals surface area (Å²) in [6.45, 7) is 4.58. The third-order valence-corrected chi connectivity index (χ3v) is 3.59. The minimum absolute atomic E-state index is 0.0191. The fourth-order valence-electron chi connectivity index (χ4n) is 2.23. The average molecular weight is 341 g/mol. The normalized spacial score (nSPS) is 11.5. The minimum Gasteiger partial charge on any atom is -0.507 e. The molecule has 130 valence electrons. The van der Waals surface area contributed by atoms with Crippen LogP contribution in [0, 0.1) is 6.92 Å². The molecule has 6 heteroatoms. The molecule has 6 nitrogen and oxygen atoms in total. The number of hydrogen-bond acceptors (Lipinski definition) is 5. The van der Waals surface area contributed by atoms with Crippen LogP contribution in [0.5, 0.6) is 5.75 Å². The van der Waals surface area contributed by atoms with Crippen LogP contribution in [0.4, 0.5) is 5.69 Å². The summed E-state index contributed by atoms with van der Waals surface area (Å²) in [5.74, 6) is -1.78. The molecule has 1 atom stereocenters. The number of hydrogen-bond donors (Lipinski definition) is 2. The second-order valence-corrected chi connectivity index (χ2v) is 5.66. The van der Waals surface area contributed by atoms with Crippen molar-refractivity contribution >= 4 is 23.3 Å². The molecule has 0 bridgehead atoms. The zero-order valence-corrected chi connectivity index (χ0v) is 14.2. The molecule has 0 saturated heterocycles. The molecule has 2 aromatic rings. The van der Waals surface area contributed by atoms with Gasteiger partial charge in [-0.1, -0.05) is 18.2 Å². The molecule has 0 unspecified atom stereocenters. The quantitative estimate of drug-likeness (QED) is 0.644. The maximum atomic E-state index is 12.2. The average Bonchev–Trinajstić information content (AvgIpc) is 2.54. The highest BCUT2D eigenvalue weighted by Crippen LogP contribution is 2.20. The second-order valence-electron chi connectivity index (χ2n) is 5.66. The maximum Gasteiger partial charge on any atom is 0.342 e. The molecule has 2 N–H and O–H groups in total. The number of phenolic OH excluding ortho intramolecular Hbond substituents is 1. The van der Waals surface area contributed by atoms with E-state index in [1.807, 2.05) is 0 Å². The van der Waals surface area contributed by atoms with Crippen molar-refractivity contribution in [2.75, 3.05) is 5.32 Å². The van der Waals surface area contributed by atoms with E-state index in [-0.39, 0.29) is 17.1 Å². The summed E-state index contributed by atoms with van der Waals surface area (Å²) in [6, 6.07) is 11.1. The third-order valence-electron chi connectivity index (χ3n) is 3.59. The molecule has 25 heavy (non-hydrogen) atoms. The van der Waals surface area contributed by atoms with Crippen LogP contribution in [0.3, 0.4) is 0 Å². The number of carbonyl (C=O) groups is 3. The van der Waals surface area contributed by atoms with Crippen molar-refractivity contribution in [3.8, 4) is 5.75 Å². The third kappa shape index (κ3) is 4.44. The molecule has 0 fully saturated rings. The molecule has 0 saturated carbocycles. The van der Waals surface area contributed by atoms with Crippen LogP contribution >= 0.6 is 0 Å². The van der Waals surface area contributed by atoms with Gasteiger partial charge >= 0.3 is 5.97 Å². The Kier molecular flexibility index (Phi) is 5.54. The van der Waals surface area contributed by atoms with Crippen molar-refractivity contribution in [1.82, 2.24) is 0 Å². The number of aromatic hydroxyl groups is 1. The lowest BCUT2D eigenvalue weighted by Gasteiger charge is -2.15. The van der Waals surface area contributed by atoms with E-state index in [2.05, 4.69) is 5.32 Å². The smallest absolute Gasteiger partial charge is 0.342 e.